The van der Waals surface area contributed by atoms with Crippen molar-refractivity contribution in [1.82, 2.24) is 15.2 Å². The van der Waals surface area contributed by atoms with Crippen molar-refractivity contribution >= 4 is 5.69 Å². The average molecular weight is 188 g/mol. The molecular formula is C9H8N4O. The summed E-state index contributed by atoms with van der Waals surface area (Å²) in [6, 6.07) is 7.14. The summed E-state index contributed by atoms with van der Waals surface area (Å²) in [6.45, 7) is 0. The van der Waals surface area contributed by atoms with Crippen molar-refractivity contribution in [2.45, 2.75) is 0 Å². The lowest BCUT2D eigenvalue weighted by Crippen LogP contribution is -2.09. The smallest absolute Gasteiger partial charge is 0.269 e. The zero-order valence-corrected chi connectivity index (χ0v) is 7.27. The Kier molecular flexibility index (Phi) is 1.98. The van der Waals surface area contributed by atoms with Gasteiger partial charge >= 0.3 is 0 Å². The van der Waals surface area contributed by atoms with Gasteiger partial charge in [0, 0.05) is 11.3 Å². The van der Waals surface area contributed by atoms with Gasteiger partial charge in [-0.15, -0.1) is 5.10 Å². The number of para-hydroxylation sites is 1. The summed E-state index contributed by atoms with van der Waals surface area (Å²) in [5, 5.41) is 7.34. The second-order valence-electron chi connectivity index (χ2n) is 2.77. The van der Waals surface area contributed by atoms with Crippen LogP contribution in [0, 0.1) is 0 Å². The number of aromatic amines is 1. The second-order valence-corrected chi connectivity index (χ2v) is 2.77. The lowest BCUT2D eigenvalue weighted by atomic mass is 10.2. The number of nitrogens with two attached hydrogens (primary N) is 1. The van der Waals surface area contributed by atoms with E-state index in [1.165, 1.54) is 0 Å². The zero-order chi connectivity index (χ0) is 9.97. The summed E-state index contributed by atoms with van der Waals surface area (Å²) < 4.78 is 0. The van der Waals surface area contributed by atoms with Crippen molar-refractivity contribution in [2.75, 3.05) is 5.73 Å². The molecule has 5 nitrogen and oxygen atoms in total. The first-order valence-corrected chi connectivity index (χ1v) is 4.04. The second kappa shape index (κ2) is 3.29. The van der Waals surface area contributed by atoms with E-state index >= 15 is 0 Å². The van der Waals surface area contributed by atoms with Crippen LogP contribution in [-0.2, 0) is 0 Å². The van der Waals surface area contributed by atoms with Crippen molar-refractivity contribution in [2.24, 2.45) is 0 Å². The number of benzene rings is 1. The van der Waals surface area contributed by atoms with E-state index in [2.05, 4.69) is 15.2 Å². The Morgan fingerprint density at radius 2 is 2.07 bits per heavy atom. The van der Waals surface area contributed by atoms with Crippen LogP contribution in [-0.4, -0.2) is 15.2 Å². The van der Waals surface area contributed by atoms with Gasteiger partial charge in [0.1, 0.15) is 6.20 Å². The first-order chi connectivity index (χ1) is 6.77. The molecule has 0 spiro atoms. The molecule has 0 aliphatic rings. The minimum absolute atomic E-state index is 0.293. The molecule has 0 amide bonds. The number of hydrogen-bond acceptors (Lipinski definition) is 4. The van der Waals surface area contributed by atoms with E-state index in [9.17, 15) is 4.79 Å². The number of H-pyrrole nitrogens is 1. The molecule has 14 heavy (non-hydrogen) atoms. The lowest BCUT2D eigenvalue weighted by molar-refractivity contribution is 0.955. The first-order valence-electron chi connectivity index (χ1n) is 4.04. The van der Waals surface area contributed by atoms with Crippen molar-refractivity contribution in [3.05, 3.63) is 40.8 Å². The zero-order valence-electron chi connectivity index (χ0n) is 7.27. The SMILES string of the molecule is Nc1ccccc1-c1nncc(=O)[nH]1. The van der Waals surface area contributed by atoms with Crippen LogP contribution >= 0.6 is 0 Å². The Morgan fingerprint density at radius 1 is 1.29 bits per heavy atom. The third kappa shape index (κ3) is 1.47. The average Bonchev–Trinajstić information content (AvgIpc) is 2.18. The molecule has 0 unspecified atom stereocenters. The lowest BCUT2D eigenvalue weighted by Gasteiger charge is -2.01. The number of anilines is 1. The highest BCUT2D eigenvalue weighted by atomic mass is 16.1. The Morgan fingerprint density at radius 3 is 2.79 bits per heavy atom. The summed E-state index contributed by atoms with van der Waals surface area (Å²) >= 11 is 0. The van der Waals surface area contributed by atoms with Crippen molar-refractivity contribution in [1.29, 1.82) is 0 Å². The molecule has 0 saturated heterocycles. The third-order valence-electron chi connectivity index (χ3n) is 1.79. The summed E-state index contributed by atoms with van der Waals surface area (Å²) in [5.41, 5.74) is 6.66. The number of hydrogen-bond donors (Lipinski definition) is 2. The molecule has 0 fully saturated rings. The number of nitrogens with zero attached hydrogens (tertiary/aromatic N) is 2. The molecule has 0 saturated carbocycles. The minimum Gasteiger partial charge on any atom is -0.398 e. The van der Waals surface area contributed by atoms with E-state index in [0.717, 1.165) is 6.20 Å². The van der Waals surface area contributed by atoms with Crippen LogP contribution in [0.1, 0.15) is 0 Å². The minimum atomic E-state index is -0.293. The molecule has 0 aliphatic carbocycles. The van der Waals surface area contributed by atoms with Crippen molar-refractivity contribution in [3.8, 4) is 11.4 Å². The molecule has 0 atom stereocenters. The summed E-state index contributed by atoms with van der Waals surface area (Å²) in [6.07, 6.45) is 1.11. The Hall–Kier alpha value is -2.17. The van der Waals surface area contributed by atoms with Gasteiger partial charge in [0.05, 0.1) is 0 Å². The monoisotopic (exact) mass is 188 g/mol. The van der Waals surface area contributed by atoms with E-state index in [1.807, 2.05) is 12.1 Å². The summed E-state index contributed by atoms with van der Waals surface area (Å²) in [4.78, 5) is 13.5. The molecule has 0 bridgehead atoms. The summed E-state index contributed by atoms with van der Waals surface area (Å²) in [7, 11) is 0. The fraction of sp³-hybridized carbons (Fsp3) is 0. The van der Waals surface area contributed by atoms with Crippen molar-refractivity contribution in [3.63, 3.8) is 0 Å². The molecule has 70 valence electrons. The Balaban J connectivity index is 2.61. The number of aromatic nitrogens is 3. The fourth-order valence-electron chi connectivity index (χ4n) is 1.15. The molecule has 0 aliphatic heterocycles. The van der Waals surface area contributed by atoms with E-state index in [-0.39, 0.29) is 5.56 Å². The van der Waals surface area contributed by atoms with Crippen LogP contribution in [0.5, 0.6) is 0 Å². The number of nitrogen functional groups attached to an aromatic ring is 1. The first kappa shape index (κ1) is 8.43. The molecular weight excluding hydrogens is 180 g/mol. The maximum Gasteiger partial charge on any atom is 0.269 e. The Bertz CT molecular complexity index is 506. The van der Waals surface area contributed by atoms with Gasteiger partial charge in [0.2, 0.25) is 0 Å². The van der Waals surface area contributed by atoms with E-state index < -0.39 is 0 Å². The number of rotatable bonds is 1. The maximum absolute atomic E-state index is 11.0. The topological polar surface area (TPSA) is 84.7 Å². The van der Waals surface area contributed by atoms with Gasteiger partial charge < -0.3 is 10.7 Å². The van der Waals surface area contributed by atoms with Crippen LogP contribution < -0.4 is 11.3 Å². The third-order valence-corrected chi connectivity index (χ3v) is 1.79. The molecule has 0 radical (unpaired) electrons. The van der Waals surface area contributed by atoms with Crippen LogP contribution in [0.2, 0.25) is 0 Å². The van der Waals surface area contributed by atoms with E-state index in [1.54, 1.807) is 12.1 Å². The van der Waals surface area contributed by atoms with Crippen LogP contribution in [0.25, 0.3) is 11.4 Å². The fourth-order valence-corrected chi connectivity index (χ4v) is 1.15. The van der Waals surface area contributed by atoms with Gasteiger partial charge in [-0.3, -0.25) is 4.79 Å². The van der Waals surface area contributed by atoms with Crippen LogP contribution in [0.4, 0.5) is 5.69 Å². The molecule has 5 heteroatoms. The normalized spacial score (nSPS) is 10.0. The van der Waals surface area contributed by atoms with Gasteiger partial charge in [-0.2, -0.15) is 5.10 Å². The van der Waals surface area contributed by atoms with Gasteiger partial charge in [-0.25, -0.2) is 0 Å². The number of nitrogens with one attached hydrogen (secondary N) is 1. The van der Waals surface area contributed by atoms with E-state index in [4.69, 9.17) is 5.73 Å². The highest BCUT2D eigenvalue weighted by Gasteiger charge is 2.03. The van der Waals surface area contributed by atoms with Gasteiger partial charge in [-0.05, 0) is 12.1 Å². The van der Waals surface area contributed by atoms with Gasteiger partial charge in [0.25, 0.3) is 5.56 Å². The summed E-state index contributed by atoms with van der Waals surface area (Å²) in [5.74, 6) is 0.385. The molecule has 2 aromatic rings. The largest absolute Gasteiger partial charge is 0.398 e. The van der Waals surface area contributed by atoms with Crippen LogP contribution in [0.15, 0.2) is 35.3 Å². The molecule has 2 rings (SSSR count). The van der Waals surface area contributed by atoms with Gasteiger partial charge in [0.15, 0.2) is 5.82 Å². The van der Waals surface area contributed by atoms with E-state index in [0.29, 0.717) is 17.1 Å². The van der Waals surface area contributed by atoms with Crippen LogP contribution in [0.3, 0.4) is 0 Å². The molecule has 3 N–H and O–H groups in total. The Labute approximate surface area is 79.6 Å². The highest BCUT2D eigenvalue weighted by molar-refractivity contribution is 5.70. The highest BCUT2D eigenvalue weighted by Crippen LogP contribution is 2.19. The maximum atomic E-state index is 11.0. The molecule has 1 heterocycles. The predicted octanol–water partition coefficient (Wildman–Crippen LogP) is 0.414. The molecule has 1 aromatic carbocycles. The standard InChI is InChI=1S/C9H8N4O/c10-7-4-2-1-3-6(7)9-12-8(14)5-11-13-9/h1-5H,10H2,(H,12,13,14). The quantitative estimate of drug-likeness (QED) is 0.635. The van der Waals surface area contributed by atoms with Gasteiger partial charge in [-0.1, -0.05) is 12.1 Å². The predicted molar refractivity (Wildman–Crippen MR) is 52.5 cm³/mol. The molecule has 1 aromatic heterocycles. The van der Waals surface area contributed by atoms with Crippen molar-refractivity contribution < 1.29 is 0 Å².